The Bertz CT molecular complexity index is 321. The molecule has 0 rings (SSSR count). The Kier molecular flexibility index (Phi) is 7.43. The van der Waals surface area contributed by atoms with E-state index < -0.39 is 42.4 Å². The summed E-state index contributed by atoms with van der Waals surface area (Å²) >= 11 is -0.555. The van der Waals surface area contributed by atoms with E-state index in [9.17, 15) is 18.4 Å². The Hall–Kier alpha value is -1.23. The molecule has 0 heterocycles. The van der Waals surface area contributed by atoms with E-state index in [1.165, 1.54) is 6.92 Å². The molecule has 0 aromatic heterocycles. The molecule has 0 atom stereocenters. The monoisotopic (exact) mass is 288 g/mol. The first-order valence-corrected chi connectivity index (χ1v) is 5.04. The van der Waals surface area contributed by atoms with Gasteiger partial charge in [0, 0.05) is 5.57 Å². The minimum absolute atomic E-state index is 0.0529. The van der Waals surface area contributed by atoms with Crippen LogP contribution in [0.1, 0.15) is 6.92 Å². The predicted molar refractivity (Wildman–Crippen MR) is 54.1 cm³/mol. The van der Waals surface area contributed by atoms with Crippen LogP contribution in [0.3, 0.4) is 0 Å². The minimum Gasteiger partial charge on any atom is -0.456 e. The van der Waals surface area contributed by atoms with Crippen molar-refractivity contribution in [3.05, 3.63) is 12.2 Å². The molecular weight excluding hydrogens is 278 g/mol. The van der Waals surface area contributed by atoms with Crippen molar-refractivity contribution in [3.63, 3.8) is 0 Å². The molecular formula is C8H10F2O7S. The zero-order chi connectivity index (χ0) is 14.2. The third-order valence-corrected chi connectivity index (χ3v) is 1.75. The lowest BCUT2D eigenvalue weighted by molar-refractivity contribution is -0.433. The normalized spacial score (nSPS) is 10.9. The molecule has 0 unspecified atom stereocenters. The van der Waals surface area contributed by atoms with Gasteiger partial charge < -0.3 is 9.47 Å². The molecule has 0 saturated carbocycles. The highest BCUT2D eigenvalue weighted by molar-refractivity contribution is 7.95. The lowest BCUT2D eigenvalue weighted by Crippen LogP contribution is -2.25. The highest BCUT2D eigenvalue weighted by atomic mass is 32.2. The summed E-state index contributed by atoms with van der Waals surface area (Å²) in [5.74, 6) is -2.01. The zero-order valence-corrected chi connectivity index (χ0v) is 10.00. The number of rotatable bonds is 8. The second-order valence-corrected chi connectivity index (χ2v) is 3.78. The number of esters is 2. The molecule has 0 aromatic carbocycles. The summed E-state index contributed by atoms with van der Waals surface area (Å²) in [4.78, 5) is 21.7. The van der Waals surface area contributed by atoms with Crippen molar-refractivity contribution in [2.24, 2.45) is 0 Å². The topological polar surface area (TPSA) is 91.3 Å². The number of ether oxygens (including phenoxy) is 2. The molecule has 7 nitrogen and oxygen atoms in total. The van der Waals surface area contributed by atoms with Gasteiger partial charge in [0.15, 0.2) is 13.2 Å². The van der Waals surface area contributed by atoms with Gasteiger partial charge >= 0.3 is 17.2 Å². The molecule has 1 N–H and O–H groups in total. The van der Waals surface area contributed by atoms with E-state index in [1.807, 2.05) is 0 Å². The second kappa shape index (κ2) is 7.97. The van der Waals surface area contributed by atoms with Crippen LogP contribution in [0, 0.1) is 0 Å². The van der Waals surface area contributed by atoms with E-state index in [2.05, 4.69) is 25.4 Å². The molecule has 0 bridgehead atoms. The van der Waals surface area contributed by atoms with Crippen LogP contribution in [0.15, 0.2) is 12.2 Å². The number of hydrogen-bond donors (Lipinski definition) is 1. The van der Waals surface area contributed by atoms with E-state index in [4.69, 9.17) is 5.26 Å². The van der Waals surface area contributed by atoms with E-state index in [1.54, 1.807) is 0 Å². The zero-order valence-electron chi connectivity index (χ0n) is 9.18. The molecule has 0 aliphatic heterocycles. The smallest absolute Gasteiger partial charge is 0.354 e. The Morgan fingerprint density at radius 2 is 2.00 bits per heavy atom. The van der Waals surface area contributed by atoms with Gasteiger partial charge in [0.2, 0.25) is 0 Å². The Morgan fingerprint density at radius 3 is 2.50 bits per heavy atom. The summed E-state index contributed by atoms with van der Waals surface area (Å²) < 4.78 is 37.4. The maximum atomic E-state index is 12.7. The molecule has 10 heteroatoms. The van der Waals surface area contributed by atoms with Crippen LogP contribution in [0.5, 0.6) is 0 Å². The maximum Gasteiger partial charge on any atom is 0.354 e. The fraction of sp³-hybridized carbons (Fsp3) is 0.500. The van der Waals surface area contributed by atoms with E-state index in [0.717, 1.165) is 0 Å². The van der Waals surface area contributed by atoms with Crippen LogP contribution in [0.2, 0.25) is 0 Å². The maximum absolute atomic E-state index is 12.7. The molecule has 104 valence electrons. The highest BCUT2D eigenvalue weighted by Crippen LogP contribution is 2.29. The number of carbonyl (C=O) groups excluding carboxylic acids is 2. The fourth-order valence-electron chi connectivity index (χ4n) is 0.543. The lowest BCUT2D eigenvalue weighted by atomic mass is 10.4. The van der Waals surface area contributed by atoms with E-state index in [-0.39, 0.29) is 5.57 Å². The summed E-state index contributed by atoms with van der Waals surface area (Å²) in [5, 5.41) is 6.98. The molecule has 0 radical (unpaired) electrons. The van der Waals surface area contributed by atoms with Gasteiger partial charge in [-0.2, -0.15) is 8.78 Å². The van der Waals surface area contributed by atoms with Gasteiger partial charge in [-0.25, -0.2) is 14.8 Å². The SMILES string of the molecule is C=C(C)C(=O)OCC(=O)OCC(F)(F)SOOO. The van der Waals surface area contributed by atoms with Crippen LogP contribution in [0.4, 0.5) is 8.78 Å². The van der Waals surface area contributed by atoms with Gasteiger partial charge in [0.05, 0.1) is 0 Å². The average molecular weight is 288 g/mol. The molecule has 0 aromatic rings. The Labute approximate surface area is 105 Å². The minimum atomic E-state index is -3.63. The van der Waals surface area contributed by atoms with Gasteiger partial charge in [0.25, 0.3) is 0 Å². The molecule has 0 saturated heterocycles. The third kappa shape index (κ3) is 7.95. The van der Waals surface area contributed by atoms with E-state index >= 15 is 0 Å². The average Bonchev–Trinajstić information content (AvgIpc) is 2.30. The Balaban J connectivity index is 3.89. The van der Waals surface area contributed by atoms with Crippen LogP contribution >= 0.6 is 12.0 Å². The van der Waals surface area contributed by atoms with Crippen molar-refractivity contribution < 1.29 is 42.5 Å². The first-order valence-electron chi connectivity index (χ1n) is 4.30. The van der Waals surface area contributed by atoms with Crippen LogP contribution in [-0.2, 0) is 28.4 Å². The van der Waals surface area contributed by atoms with Crippen molar-refractivity contribution in [1.82, 2.24) is 0 Å². The number of hydrogen-bond acceptors (Lipinski definition) is 8. The summed E-state index contributed by atoms with van der Waals surface area (Å²) in [5.41, 5.74) is 0.0529. The lowest BCUT2D eigenvalue weighted by Gasteiger charge is -2.13. The number of alkyl halides is 2. The summed E-state index contributed by atoms with van der Waals surface area (Å²) in [7, 11) is 0. The first kappa shape index (κ1) is 16.8. The van der Waals surface area contributed by atoms with Crippen molar-refractivity contribution in [3.8, 4) is 0 Å². The second-order valence-electron chi connectivity index (χ2n) is 2.88. The van der Waals surface area contributed by atoms with Gasteiger partial charge in [-0.1, -0.05) is 11.6 Å². The summed E-state index contributed by atoms with van der Waals surface area (Å²) in [6, 6.07) is 0. The van der Waals surface area contributed by atoms with Gasteiger partial charge in [0.1, 0.15) is 12.0 Å². The summed E-state index contributed by atoms with van der Waals surface area (Å²) in [6.07, 6.45) is 0. The Morgan fingerprint density at radius 1 is 1.39 bits per heavy atom. The van der Waals surface area contributed by atoms with Crippen molar-refractivity contribution >= 4 is 24.0 Å². The quantitative estimate of drug-likeness (QED) is 0.235. The molecule has 0 amide bonds. The predicted octanol–water partition coefficient (Wildman–Crippen LogP) is 1.31. The molecule has 0 fully saturated rings. The first-order chi connectivity index (χ1) is 8.28. The van der Waals surface area contributed by atoms with Crippen molar-refractivity contribution in [2.75, 3.05) is 13.2 Å². The fourth-order valence-corrected chi connectivity index (χ4v) is 0.780. The highest BCUT2D eigenvalue weighted by Gasteiger charge is 2.34. The van der Waals surface area contributed by atoms with Gasteiger partial charge in [-0.3, -0.25) is 0 Å². The van der Waals surface area contributed by atoms with Crippen LogP contribution in [-0.4, -0.2) is 35.7 Å². The van der Waals surface area contributed by atoms with Crippen molar-refractivity contribution in [2.45, 2.75) is 12.2 Å². The van der Waals surface area contributed by atoms with Crippen molar-refractivity contribution in [1.29, 1.82) is 0 Å². The third-order valence-electron chi connectivity index (χ3n) is 1.26. The molecule has 0 spiro atoms. The number of halogens is 2. The summed E-state index contributed by atoms with van der Waals surface area (Å²) in [6.45, 7) is 2.44. The van der Waals surface area contributed by atoms with Crippen LogP contribution < -0.4 is 0 Å². The largest absolute Gasteiger partial charge is 0.456 e. The molecule has 0 aliphatic rings. The molecule has 18 heavy (non-hydrogen) atoms. The number of carbonyl (C=O) groups is 2. The van der Waals surface area contributed by atoms with Gasteiger partial charge in [-0.05, 0) is 6.92 Å². The standard InChI is InChI=1S/C8H10F2O7S/c1-5(2)7(12)14-3-6(11)15-4-8(9,10)18-17-16-13/h13H,1,3-4H2,2H3. The van der Waals surface area contributed by atoms with Gasteiger partial charge in [-0.15, -0.1) is 4.33 Å². The van der Waals surface area contributed by atoms with E-state index in [0.29, 0.717) is 0 Å². The van der Waals surface area contributed by atoms with Crippen LogP contribution in [0.25, 0.3) is 0 Å². The molecule has 0 aliphatic carbocycles.